The third-order valence-corrected chi connectivity index (χ3v) is 7.76. The molecule has 1 fully saturated rings. The highest BCUT2D eigenvalue weighted by atomic mass is 32.2. The van der Waals surface area contributed by atoms with Crippen LogP contribution < -0.4 is 0 Å². The molecule has 30 heavy (non-hydrogen) atoms. The average molecular weight is 423 g/mol. The molecule has 0 spiro atoms. The minimum absolute atomic E-state index is 0.186. The molecule has 2 aliphatic rings. The number of aryl methyl sites for hydroxylation is 1. The van der Waals surface area contributed by atoms with Crippen LogP contribution in [-0.2, 0) is 16.0 Å². The number of benzene rings is 2. The van der Waals surface area contributed by atoms with Gasteiger partial charge in [0.05, 0.1) is 12.5 Å². The predicted octanol–water partition coefficient (Wildman–Crippen LogP) is 6.06. The van der Waals surface area contributed by atoms with Gasteiger partial charge in [-0.3, -0.25) is 9.59 Å². The Hall–Kier alpha value is -2.07. The standard InChI is InChI=1S/C26H30O3S/c1-18(26(28)29-15-7-10-19-8-3-2-4-9-19)20-13-14-23-24(16-20)30-17-21-11-5-6-12-22(21)25(23)27/h2-4,8-9,13-14,16,18,21-22H,5-7,10-12,15,17H2,1H3/t18?,21-,22+/m0/s1. The normalized spacial score (nSPS) is 21.8. The van der Waals surface area contributed by atoms with Gasteiger partial charge < -0.3 is 4.74 Å². The molecule has 158 valence electrons. The molecular formula is C26H30O3S. The van der Waals surface area contributed by atoms with Crippen LogP contribution in [-0.4, -0.2) is 24.1 Å². The zero-order valence-electron chi connectivity index (χ0n) is 17.6. The Bertz CT molecular complexity index is 892. The monoisotopic (exact) mass is 422 g/mol. The van der Waals surface area contributed by atoms with Crippen molar-refractivity contribution in [3.05, 3.63) is 65.2 Å². The Kier molecular flexibility index (Phi) is 6.93. The lowest BCUT2D eigenvalue weighted by atomic mass is 9.76. The third kappa shape index (κ3) is 4.80. The Morgan fingerprint density at radius 2 is 1.93 bits per heavy atom. The number of thioether (sulfide) groups is 1. The van der Waals surface area contributed by atoms with E-state index < -0.39 is 0 Å². The molecule has 0 bridgehead atoms. The summed E-state index contributed by atoms with van der Waals surface area (Å²) in [4.78, 5) is 26.7. The quantitative estimate of drug-likeness (QED) is 0.419. The first kappa shape index (κ1) is 21.2. The van der Waals surface area contributed by atoms with Gasteiger partial charge in [-0.25, -0.2) is 0 Å². The van der Waals surface area contributed by atoms with Crippen molar-refractivity contribution in [2.24, 2.45) is 11.8 Å². The maximum atomic E-state index is 13.1. The topological polar surface area (TPSA) is 43.4 Å². The Balaban J connectivity index is 1.36. The number of carbonyl (C=O) groups excluding carboxylic acids is 2. The first-order valence-electron chi connectivity index (χ1n) is 11.1. The maximum absolute atomic E-state index is 13.1. The maximum Gasteiger partial charge on any atom is 0.313 e. The number of esters is 1. The molecule has 1 aliphatic carbocycles. The van der Waals surface area contributed by atoms with E-state index in [2.05, 4.69) is 12.1 Å². The van der Waals surface area contributed by atoms with Crippen molar-refractivity contribution in [3.8, 4) is 0 Å². The highest BCUT2D eigenvalue weighted by Crippen LogP contribution is 2.42. The van der Waals surface area contributed by atoms with Crippen LogP contribution in [0.2, 0.25) is 0 Å². The summed E-state index contributed by atoms with van der Waals surface area (Å²) in [6.45, 7) is 2.32. The van der Waals surface area contributed by atoms with Crippen molar-refractivity contribution in [2.45, 2.75) is 56.3 Å². The summed E-state index contributed by atoms with van der Waals surface area (Å²) in [5.74, 6) is 1.48. The number of fused-ring (bicyclic) bond motifs is 2. The molecule has 1 heterocycles. The molecule has 1 aliphatic heterocycles. The molecule has 3 atom stereocenters. The van der Waals surface area contributed by atoms with Crippen molar-refractivity contribution in [3.63, 3.8) is 0 Å². The van der Waals surface area contributed by atoms with Gasteiger partial charge in [0, 0.05) is 22.1 Å². The number of Topliss-reactive ketones (excluding diaryl/α,β-unsaturated/α-hetero) is 1. The molecule has 4 heteroatoms. The minimum atomic E-state index is -0.326. The van der Waals surface area contributed by atoms with E-state index in [-0.39, 0.29) is 17.8 Å². The zero-order chi connectivity index (χ0) is 20.9. The van der Waals surface area contributed by atoms with Crippen LogP contribution in [0.3, 0.4) is 0 Å². The van der Waals surface area contributed by atoms with Crippen LogP contribution >= 0.6 is 11.8 Å². The zero-order valence-corrected chi connectivity index (χ0v) is 18.5. The second-order valence-electron chi connectivity index (χ2n) is 8.56. The van der Waals surface area contributed by atoms with Gasteiger partial charge in [-0.15, -0.1) is 11.8 Å². The summed E-state index contributed by atoms with van der Waals surface area (Å²) >= 11 is 1.79. The first-order chi connectivity index (χ1) is 14.6. The average Bonchev–Trinajstić information content (AvgIpc) is 2.93. The van der Waals surface area contributed by atoms with Crippen LogP contribution in [0.15, 0.2) is 53.4 Å². The summed E-state index contributed by atoms with van der Waals surface area (Å²) in [5.41, 5.74) is 3.04. The van der Waals surface area contributed by atoms with E-state index >= 15 is 0 Å². The van der Waals surface area contributed by atoms with Crippen LogP contribution in [0.5, 0.6) is 0 Å². The Morgan fingerprint density at radius 3 is 2.77 bits per heavy atom. The van der Waals surface area contributed by atoms with Crippen molar-refractivity contribution in [1.29, 1.82) is 0 Å². The largest absolute Gasteiger partial charge is 0.465 e. The van der Waals surface area contributed by atoms with Crippen LogP contribution in [0.4, 0.5) is 0 Å². The van der Waals surface area contributed by atoms with Gasteiger partial charge in [0.1, 0.15) is 0 Å². The molecular weight excluding hydrogens is 392 g/mol. The van der Waals surface area contributed by atoms with E-state index in [1.807, 2.05) is 43.3 Å². The summed E-state index contributed by atoms with van der Waals surface area (Å²) < 4.78 is 5.53. The molecule has 0 N–H and O–H groups in total. The summed E-state index contributed by atoms with van der Waals surface area (Å²) in [7, 11) is 0. The van der Waals surface area contributed by atoms with E-state index in [0.29, 0.717) is 18.3 Å². The van der Waals surface area contributed by atoms with Crippen molar-refractivity contribution < 1.29 is 14.3 Å². The van der Waals surface area contributed by atoms with Gasteiger partial charge in [-0.2, -0.15) is 0 Å². The highest BCUT2D eigenvalue weighted by Gasteiger charge is 2.35. The summed E-state index contributed by atoms with van der Waals surface area (Å²) in [6, 6.07) is 16.2. The van der Waals surface area contributed by atoms with Crippen molar-refractivity contribution in [2.75, 3.05) is 12.4 Å². The Labute approximate surface area is 183 Å². The van der Waals surface area contributed by atoms with E-state index in [4.69, 9.17) is 4.74 Å². The van der Waals surface area contributed by atoms with E-state index in [1.165, 1.54) is 12.0 Å². The van der Waals surface area contributed by atoms with E-state index in [0.717, 1.165) is 53.9 Å². The lowest BCUT2D eigenvalue weighted by Gasteiger charge is -2.28. The summed E-state index contributed by atoms with van der Waals surface area (Å²) in [6.07, 6.45) is 6.32. The van der Waals surface area contributed by atoms with Gasteiger partial charge in [0.15, 0.2) is 5.78 Å². The van der Waals surface area contributed by atoms with Gasteiger partial charge in [0.25, 0.3) is 0 Å². The molecule has 0 amide bonds. The summed E-state index contributed by atoms with van der Waals surface area (Å²) in [5, 5.41) is 0. The minimum Gasteiger partial charge on any atom is -0.465 e. The first-order valence-corrected chi connectivity index (χ1v) is 12.1. The highest BCUT2D eigenvalue weighted by molar-refractivity contribution is 7.99. The number of ketones is 1. The number of ether oxygens (including phenoxy) is 1. The smallest absolute Gasteiger partial charge is 0.313 e. The number of carbonyl (C=O) groups is 2. The SMILES string of the molecule is CC(C(=O)OCCCc1ccccc1)c1ccc2c(c1)SC[C@@H]1CCCC[C@H]1C2=O. The van der Waals surface area contributed by atoms with Gasteiger partial charge in [0.2, 0.25) is 0 Å². The van der Waals surface area contributed by atoms with Crippen LogP contribution in [0.1, 0.15) is 66.4 Å². The van der Waals surface area contributed by atoms with Gasteiger partial charge in [-0.05, 0) is 61.8 Å². The second kappa shape index (κ2) is 9.82. The van der Waals surface area contributed by atoms with Crippen molar-refractivity contribution >= 4 is 23.5 Å². The van der Waals surface area contributed by atoms with Gasteiger partial charge in [-0.1, -0.05) is 49.2 Å². The fourth-order valence-electron chi connectivity index (χ4n) is 4.63. The number of rotatable bonds is 6. The predicted molar refractivity (Wildman–Crippen MR) is 121 cm³/mol. The molecule has 2 aromatic carbocycles. The third-order valence-electron chi connectivity index (χ3n) is 6.52. The van der Waals surface area contributed by atoms with Crippen LogP contribution in [0, 0.1) is 11.8 Å². The molecule has 3 nitrogen and oxygen atoms in total. The van der Waals surface area contributed by atoms with Gasteiger partial charge >= 0.3 is 5.97 Å². The lowest BCUT2D eigenvalue weighted by Crippen LogP contribution is -2.27. The molecule has 4 rings (SSSR count). The van der Waals surface area contributed by atoms with E-state index in [1.54, 1.807) is 11.8 Å². The number of hydrogen-bond acceptors (Lipinski definition) is 4. The van der Waals surface area contributed by atoms with E-state index in [9.17, 15) is 9.59 Å². The Morgan fingerprint density at radius 1 is 1.13 bits per heavy atom. The number of hydrogen-bond donors (Lipinski definition) is 0. The fraction of sp³-hybridized carbons (Fsp3) is 0.462. The molecule has 1 unspecified atom stereocenters. The second-order valence-corrected chi connectivity index (χ2v) is 9.62. The molecule has 0 saturated heterocycles. The molecule has 2 aromatic rings. The molecule has 0 radical (unpaired) electrons. The lowest BCUT2D eigenvalue weighted by molar-refractivity contribution is -0.145. The molecule has 1 saturated carbocycles. The van der Waals surface area contributed by atoms with Crippen molar-refractivity contribution in [1.82, 2.24) is 0 Å². The van der Waals surface area contributed by atoms with Crippen LogP contribution in [0.25, 0.3) is 0 Å². The fourth-order valence-corrected chi connectivity index (χ4v) is 5.97. The molecule has 0 aromatic heterocycles.